The maximum Gasteiger partial charge on any atom is 0.326 e. The highest BCUT2D eigenvalue weighted by molar-refractivity contribution is 14.1. The Morgan fingerprint density at radius 3 is 2.71 bits per heavy atom. The molecule has 180 valence electrons. The molecule has 0 bridgehead atoms. The summed E-state index contributed by atoms with van der Waals surface area (Å²) in [6.45, 7) is 1.82. The molecule has 0 spiro atoms. The Bertz CT molecular complexity index is 1120. The lowest BCUT2D eigenvalue weighted by atomic mass is 10.1. The maximum absolute atomic E-state index is 13.9. The fourth-order valence-corrected chi connectivity index (χ4v) is 4.64. The standard InChI is InChI=1S/C24H23FINO6S/c1-3-4-9-32-21(28)13-27-23(29)20(34-24(27)30)12-15-10-18(26)22(19(11-15)31-2)33-14-16-7-5-6-8-17(16)25/h5-8,10-12H,3-4,9,13-14H2,1-2H3/b20-12+. The zero-order valence-electron chi connectivity index (χ0n) is 18.6. The monoisotopic (exact) mass is 599 g/mol. The number of thioether (sulfide) groups is 1. The van der Waals surface area contributed by atoms with Gasteiger partial charge in [-0.05, 0) is 70.6 Å². The third kappa shape index (κ3) is 6.50. The minimum absolute atomic E-state index is 0.0195. The van der Waals surface area contributed by atoms with Crippen LogP contribution in [0, 0.1) is 9.39 Å². The average molecular weight is 599 g/mol. The Kier molecular flexibility index (Phi) is 9.34. The largest absolute Gasteiger partial charge is 0.493 e. The van der Waals surface area contributed by atoms with Crippen LogP contribution in [-0.2, 0) is 20.9 Å². The van der Waals surface area contributed by atoms with Crippen molar-refractivity contribution < 1.29 is 33.0 Å². The van der Waals surface area contributed by atoms with Crippen molar-refractivity contribution in [2.24, 2.45) is 0 Å². The van der Waals surface area contributed by atoms with Crippen LogP contribution in [0.4, 0.5) is 9.18 Å². The molecular weight excluding hydrogens is 576 g/mol. The molecule has 34 heavy (non-hydrogen) atoms. The number of hydrogen-bond donors (Lipinski definition) is 0. The molecule has 1 aliphatic rings. The van der Waals surface area contributed by atoms with E-state index in [9.17, 15) is 18.8 Å². The van der Waals surface area contributed by atoms with Crippen LogP contribution in [0.5, 0.6) is 11.5 Å². The van der Waals surface area contributed by atoms with Crippen molar-refractivity contribution in [3.8, 4) is 11.5 Å². The second-order valence-corrected chi connectivity index (χ2v) is 9.41. The van der Waals surface area contributed by atoms with E-state index in [4.69, 9.17) is 14.2 Å². The first-order valence-electron chi connectivity index (χ1n) is 10.5. The van der Waals surface area contributed by atoms with Crippen molar-refractivity contribution in [2.45, 2.75) is 26.4 Å². The lowest BCUT2D eigenvalue weighted by Gasteiger charge is -2.14. The summed E-state index contributed by atoms with van der Waals surface area (Å²) >= 11 is 2.81. The van der Waals surface area contributed by atoms with E-state index in [1.165, 1.54) is 13.2 Å². The van der Waals surface area contributed by atoms with Crippen LogP contribution < -0.4 is 9.47 Å². The smallest absolute Gasteiger partial charge is 0.326 e. The van der Waals surface area contributed by atoms with E-state index >= 15 is 0 Å². The molecule has 2 aromatic carbocycles. The van der Waals surface area contributed by atoms with Gasteiger partial charge in [-0.25, -0.2) is 4.39 Å². The number of hydrogen-bond acceptors (Lipinski definition) is 7. The van der Waals surface area contributed by atoms with Gasteiger partial charge in [0.1, 0.15) is 19.0 Å². The van der Waals surface area contributed by atoms with Crippen LogP contribution in [0.1, 0.15) is 30.9 Å². The molecule has 7 nitrogen and oxygen atoms in total. The van der Waals surface area contributed by atoms with Crippen LogP contribution in [-0.4, -0.2) is 42.3 Å². The molecule has 10 heteroatoms. The summed E-state index contributed by atoms with van der Waals surface area (Å²) in [5, 5.41) is -0.532. The van der Waals surface area contributed by atoms with Gasteiger partial charge in [0.05, 0.1) is 22.2 Å². The van der Waals surface area contributed by atoms with E-state index in [0.717, 1.165) is 23.1 Å². The molecule has 2 amide bonds. The number of esters is 1. The molecule has 3 rings (SSSR count). The van der Waals surface area contributed by atoms with Crippen LogP contribution in [0.2, 0.25) is 0 Å². The van der Waals surface area contributed by atoms with Crippen LogP contribution >= 0.6 is 34.4 Å². The van der Waals surface area contributed by atoms with Crippen LogP contribution in [0.3, 0.4) is 0 Å². The summed E-state index contributed by atoms with van der Waals surface area (Å²) in [5.41, 5.74) is 1.02. The molecule has 0 N–H and O–H groups in total. The second-order valence-electron chi connectivity index (χ2n) is 7.26. The van der Waals surface area contributed by atoms with Gasteiger partial charge >= 0.3 is 5.97 Å². The molecule has 1 aliphatic heterocycles. The summed E-state index contributed by atoms with van der Waals surface area (Å²) in [6.07, 6.45) is 3.14. The van der Waals surface area contributed by atoms with Crippen molar-refractivity contribution in [1.82, 2.24) is 4.90 Å². The number of ether oxygens (including phenoxy) is 3. The van der Waals surface area contributed by atoms with Gasteiger partial charge in [-0.15, -0.1) is 0 Å². The molecule has 0 unspecified atom stereocenters. The highest BCUT2D eigenvalue weighted by Crippen LogP contribution is 2.37. The van der Waals surface area contributed by atoms with E-state index in [2.05, 4.69) is 22.6 Å². The summed E-state index contributed by atoms with van der Waals surface area (Å²) < 4.78 is 30.9. The van der Waals surface area contributed by atoms with Crippen molar-refractivity contribution in [3.63, 3.8) is 0 Å². The summed E-state index contributed by atoms with van der Waals surface area (Å²) in [7, 11) is 1.48. The normalized spacial score (nSPS) is 14.6. The minimum atomic E-state index is -0.621. The van der Waals surface area contributed by atoms with Crippen molar-refractivity contribution in [1.29, 1.82) is 0 Å². The first kappa shape index (κ1) is 26.0. The third-order valence-corrected chi connectivity index (χ3v) is 6.51. The average Bonchev–Trinajstić information content (AvgIpc) is 3.06. The number of unbranched alkanes of at least 4 members (excludes halogenated alkanes) is 1. The molecule has 2 aromatic rings. The molecule has 0 atom stereocenters. The molecule has 0 aromatic heterocycles. The minimum Gasteiger partial charge on any atom is -0.493 e. The van der Waals surface area contributed by atoms with Gasteiger partial charge in [0, 0.05) is 5.56 Å². The van der Waals surface area contributed by atoms with Crippen molar-refractivity contribution in [3.05, 3.63) is 61.8 Å². The summed E-state index contributed by atoms with van der Waals surface area (Å²) in [4.78, 5) is 38.0. The summed E-state index contributed by atoms with van der Waals surface area (Å²) in [5.74, 6) is -0.710. The fraction of sp³-hybridized carbons (Fsp3) is 0.292. The number of rotatable bonds is 10. The van der Waals surface area contributed by atoms with Crippen molar-refractivity contribution in [2.75, 3.05) is 20.3 Å². The molecule has 1 saturated heterocycles. The lowest BCUT2D eigenvalue weighted by molar-refractivity contribution is -0.146. The first-order valence-corrected chi connectivity index (χ1v) is 12.4. The Labute approximate surface area is 214 Å². The Morgan fingerprint density at radius 1 is 1.24 bits per heavy atom. The Hall–Kier alpha value is -2.60. The Morgan fingerprint density at radius 2 is 2.00 bits per heavy atom. The predicted molar refractivity (Wildman–Crippen MR) is 135 cm³/mol. The highest BCUT2D eigenvalue weighted by atomic mass is 127. The van der Waals surface area contributed by atoms with Gasteiger partial charge in [-0.1, -0.05) is 31.5 Å². The third-order valence-electron chi connectivity index (χ3n) is 4.80. The Balaban J connectivity index is 1.74. The molecule has 1 heterocycles. The van der Waals surface area contributed by atoms with E-state index in [1.54, 1.807) is 36.4 Å². The fourth-order valence-electron chi connectivity index (χ4n) is 3.02. The number of amides is 2. The molecule has 0 saturated carbocycles. The van der Waals surface area contributed by atoms with E-state index in [-0.39, 0.29) is 23.9 Å². The number of nitrogens with zero attached hydrogens (tertiary/aromatic N) is 1. The maximum atomic E-state index is 13.9. The summed E-state index contributed by atoms with van der Waals surface area (Å²) in [6, 6.07) is 9.75. The molecular formula is C24H23FINO6S. The quantitative estimate of drug-likeness (QED) is 0.157. The number of methoxy groups -OCH3 is 1. The zero-order valence-corrected chi connectivity index (χ0v) is 21.6. The zero-order chi connectivity index (χ0) is 24.7. The van der Waals surface area contributed by atoms with Gasteiger partial charge < -0.3 is 14.2 Å². The molecule has 1 fully saturated rings. The van der Waals surface area contributed by atoms with Crippen LogP contribution in [0.15, 0.2) is 41.3 Å². The highest BCUT2D eigenvalue weighted by Gasteiger charge is 2.36. The number of carbonyl (C=O) groups is 3. The number of benzene rings is 2. The van der Waals surface area contributed by atoms with E-state index in [0.29, 0.717) is 32.6 Å². The lowest BCUT2D eigenvalue weighted by Crippen LogP contribution is -2.34. The van der Waals surface area contributed by atoms with Crippen LogP contribution in [0.25, 0.3) is 6.08 Å². The first-order chi connectivity index (χ1) is 16.3. The topological polar surface area (TPSA) is 82.1 Å². The van der Waals surface area contributed by atoms with Crippen molar-refractivity contribution >= 4 is 57.5 Å². The molecule has 0 aliphatic carbocycles. The van der Waals surface area contributed by atoms with Gasteiger partial charge in [-0.3, -0.25) is 19.3 Å². The van der Waals surface area contributed by atoms with E-state index in [1.807, 2.05) is 6.92 Å². The number of imide groups is 1. The number of carbonyl (C=O) groups excluding carboxylic acids is 3. The van der Waals surface area contributed by atoms with E-state index < -0.39 is 23.7 Å². The SMILES string of the molecule is CCCCOC(=O)CN1C(=O)S/C(=C/c2cc(I)c(OCc3ccccc3F)c(OC)c2)C1=O. The number of halogens is 2. The second kappa shape index (κ2) is 12.2. The van der Waals surface area contributed by atoms with Gasteiger partial charge in [0.2, 0.25) is 0 Å². The van der Waals surface area contributed by atoms with Gasteiger partial charge in [-0.2, -0.15) is 0 Å². The van der Waals surface area contributed by atoms with Gasteiger partial charge in [0.25, 0.3) is 11.1 Å². The molecule has 0 radical (unpaired) electrons. The predicted octanol–water partition coefficient (Wildman–Crippen LogP) is 5.40. The van der Waals surface area contributed by atoms with Gasteiger partial charge in [0.15, 0.2) is 11.5 Å².